The van der Waals surface area contributed by atoms with Gasteiger partial charge in [-0.1, -0.05) is 34.6 Å². The van der Waals surface area contributed by atoms with Crippen molar-refractivity contribution in [3.05, 3.63) is 0 Å². The van der Waals surface area contributed by atoms with Crippen LogP contribution in [-0.4, -0.2) is 24.2 Å². The molecule has 1 aliphatic rings. The van der Waals surface area contributed by atoms with Gasteiger partial charge in [0, 0.05) is 18.1 Å². The molecule has 1 N–H and O–H groups in total. The summed E-state index contributed by atoms with van der Waals surface area (Å²) >= 11 is 0. The maximum Gasteiger partial charge on any atom is 0.225 e. The highest BCUT2D eigenvalue weighted by atomic mass is 16.5. The Balaban J connectivity index is 2.59. The lowest BCUT2D eigenvalue weighted by atomic mass is 9.85. The Hall–Kier alpha value is -0.570. The maximum absolute atomic E-state index is 12.0. The van der Waals surface area contributed by atoms with Gasteiger partial charge >= 0.3 is 0 Å². The molecule has 1 aliphatic heterocycles. The van der Waals surface area contributed by atoms with Gasteiger partial charge in [0.15, 0.2) is 0 Å². The molecule has 0 saturated carbocycles. The molecule has 0 aromatic heterocycles. The molecule has 3 heteroatoms. The number of amides is 1. The Labute approximate surface area is 105 Å². The highest BCUT2D eigenvalue weighted by Gasteiger charge is 2.36. The molecule has 3 nitrogen and oxygen atoms in total. The number of hydrogen-bond donors (Lipinski definition) is 1. The summed E-state index contributed by atoms with van der Waals surface area (Å²) in [4.78, 5) is 12.0. The minimum absolute atomic E-state index is 0.0198. The molecule has 1 fully saturated rings. The summed E-state index contributed by atoms with van der Waals surface area (Å²) in [6, 6.07) is 0.273. The molecular weight excluding hydrogens is 214 g/mol. The molecule has 0 aromatic rings. The molecule has 100 valence electrons. The van der Waals surface area contributed by atoms with Crippen LogP contribution in [-0.2, 0) is 9.53 Å². The van der Waals surface area contributed by atoms with Gasteiger partial charge in [0.2, 0.25) is 5.91 Å². The number of hydrogen-bond acceptors (Lipinski definition) is 2. The monoisotopic (exact) mass is 241 g/mol. The van der Waals surface area contributed by atoms with Crippen LogP contribution in [0.5, 0.6) is 0 Å². The van der Waals surface area contributed by atoms with Gasteiger partial charge in [0.25, 0.3) is 0 Å². The van der Waals surface area contributed by atoms with Crippen LogP contribution in [0.4, 0.5) is 0 Å². The number of nitrogens with one attached hydrogen (secondary N) is 1. The standard InChI is InChI=1S/C14H27NO2/c1-6-14(7-2)10-11(8-9-17-14)15-12(16)13(3,4)5/h11H,6-10H2,1-5H3,(H,15,16). The SMILES string of the molecule is CCC1(CC)CC(NC(=O)C(C)(C)C)CCO1. The van der Waals surface area contributed by atoms with Crippen molar-refractivity contribution in [2.75, 3.05) is 6.61 Å². The smallest absolute Gasteiger partial charge is 0.225 e. The van der Waals surface area contributed by atoms with Crippen molar-refractivity contribution in [3.8, 4) is 0 Å². The lowest BCUT2D eigenvalue weighted by Crippen LogP contribution is -2.50. The van der Waals surface area contributed by atoms with Gasteiger partial charge < -0.3 is 10.1 Å². The molecule has 17 heavy (non-hydrogen) atoms. The molecule has 1 rings (SSSR count). The molecule has 0 bridgehead atoms. The predicted molar refractivity (Wildman–Crippen MR) is 69.9 cm³/mol. The van der Waals surface area contributed by atoms with Gasteiger partial charge in [-0.3, -0.25) is 4.79 Å². The second-order valence-electron chi connectivity index (χ2n) is 6.15. The van der Waals surface area contributed by atoms with Crippen molar-refractivity contribution in [1.29, 1.82) is 0 Å². The van der Waals surface area contributed by atoms with E-state index < -0.39 is 0 Å². The van der Waals surface area contributed by atoms with Crippen molar-refractivity contribution in [1.82, 2.24) is 5.32 Å². The summed E-state index contributed by atoms with van der Waals surface area (Å²) in [7, 11) is 0. The molecule has 0 aromatic carbocycles. The van der Waals surface area contributed by atoms with E-state index in [-0.39, 0.29) is 23.0 Å². The molecule has 1 unspecified atom stereocenters. The molecular formula is C14H27NO2. The third-order valence-corrected chi connectivity index (χ3v) is 3.80. The van der Waals surface area contributed by atoms with Crippen molar-refractivity contribution >= 4 is 5.91 Å². The minimum Gasteiger partial charge on any atom is -0.375 e. The van der Waals surface area contributed by atoms with Crippen LogP contribution in [0.25, 0.3) is 0 Å². The lowest BCUT2D eigenvalue weighted by molar-refractivity contribution is -0.133. The lowest BCUT2D eigenvalue weighted by Gasteiger charge is -2.40. The first-order valence-corrected chi connectivity index (χ1v) is 6.78. The van der Waals surface area contributed by atoms with Crippen molar-refractivity contribution < 1.29 is 9.53 Å². The van der Waals surface area contributed by atoms with Crippen LogP contribution < -0.4 is 5.32 Å². The van der Waals surface area contributed by atoms with E-state index in [9.17, 15) is 4.79 Å². The van der Waals surface area contributed by atoms with Gasteiger partial charge in [-0.25, -0.2) is 0 Å². The average Bonchev–Trinajstić information content (AvgIpc) is 2.28. The topological polar surface area (TPSA) is 38.3 Å². The fourth-order valence-corrected chi connectivity index (χ4v) is 2.30. The first-order valence-electron chi connectivity index (χ1n) is 6.78. The fourth-order valence-electron chi connectivity index (χ4n) is 2.30. The van der Waals surface area contributed by atoms with Crippen LogP contribution in [0.3, 0.4) is 0 Å². The quantitative estimate of drug-likeness (QED) is 0.825. The van der Waals surface area contributed by atoms with Crippen molar-refractivity contribution in [3.63, 3.8) is 0 Å². The van der Waals surface area contributed by atoms with E-state index in [4.69, 9.17) is 4.74 Å². The maximum atomic E-state index is 12.0. The average molecular weight is 241 g/mol. The predicted octanol–water partition coefficient (Wildman–Crippen LogP) is 2.89. The first kappa shape index (κ1) is 14.5. The Morgan fingerprint density at radius 2 is 1.94 bits per heavy atom. The van der Waals surface area contributed by atoms with Crippen LogP contribution in [0.2, 0.25) is 0 Å². The third-order valence-electron chi connectivity index (χ3n) is 3.80. The zero-order valence-electron chi connectivity index (χ0n) is 11.9. The Morgan fingerprint density at radius 1 is 1.35 bits per heavy atom. The van der Waals surface area contributed by atoms with Crippen molar-refractivity contribution in [2.24, 2.45) is 5.41 Å². The van der Waals surface area contributed by atoms with E-state index in [1.807, 2.05) is 20.8 Å². The van der Waals surface area contributed by atoms with Crippen LogP contribution in [0.1, 0.15) is 60.3 Å². The Bertz CT molecular complexity index is 264. The first-order chi connectivity index (χ1) is 7.83. The number of carbonyl (C=O) groups is 1. The summed E-state index contributed by atoms with van der Waals surface area (Å²) in [6.45, 7) is 10.9. The van der Waals surface area contributed by atoms with E-state index in [2.05, 4.69) is 19.2 Å². The van der Waals surface area contributed by atoms with E-state index in [0.29, 0.717) is 0 Å². The van der Waals surface area contributed by atoms with Crippen molar-refractivity contribution in [2.45, 2.75) is 71.9 Å². The fraction of sp³-hybridized carbons (Fsp3) is 0.929. The Kier molecular flexibility index (Phi) is 4.59. The van der Waals surface area contributed by atoms with E-state index in [1.54, 1.807) is 0 Å². The summed E-state index contributed by atoms with van der Waals surface area (Å²) in [5.41, 5.74) is -0.326. The minimum atomic E-state index is -0.306. The molecule has 1 heterocycles. The van der Waals surface area contributed by atoms with Gasteiger partial charge in [-0.05, 0) is 25.7 Å². The van der Waals surface area contributed by atoms with Gasteiger partial charge in [0.1, 0.15) is 0 Å². The van der Waals surface area contributed by atoms with Crippen LogP contribution in [0, 0.1) is 5.41 Å². The molecule has 1 amide bonds. The second-order valence-corrected chi connectivity index (χ2v) is 6.15. The summed E-state index contributed by atoms with van der Waals surface area (Å²) in [5.74, 6) is 0.144. The largest absolute Gasteiger partial charge is 0.375 e. The molecule has 1 saturated heterocycles. The molecule has 0 spiro atoms. The second kappa shape index (κ2) is 5.38. The molecule has 0 radical (unpaired) electrons. The highest BCUT2D eigenvalue weighted by molar-refractivity contribution is 5.81. The summed E-state index contributed by atoms with van der Waals surface area (Å²) in [6.07, 6.45) is 3.92. The zero-order valence-corrected chi connectivity index (χ0v) is 11.9. The van der Waals surface area contributed by atoms with Crippen LogP contribution in [0.15, 0.2) is 0 Å². The Morgan fingerprint density at radius 3 is 2.41 bits per heavy atom. The molecule has 1 atom stereocenters. The number of ether oxygens (including phenoxy) is 1. The number of carbonyl (C=O) groups excluding carboxylic acids is 1. The van der Waals surface area contributed by atoms with Crippen LogP contribution >= 0.6 is 0 Å². The summed E-state index contributed by atoms with van der Waals surface area (Å²) in [5, 5.41) is 3.16. The summed E-state index contributed by atoms with van der Waals surface area (Å²) < 4.78 is 5.91. The van der Waals surface area contributed by atoms with Gasteiger partial charge in [-0.2, -0.15) is 0 Å². The normalized spacial score (nSPS) is 24.4. The molecule has 0 aliphatic carbocycles. The van der Waals surface area contributed by atoms with E-state index >= 15 is 0 Å². The van der Waals surface area contributed by atoms with E-state index in [1.165, 1.54) is 0 Å². The van der Waals surface area contributed by atoms with E-state index in [0.717, 1.165) is 32.3 Å². The highest BCUT2D eigenvalue weighted by Crippen LogP contribution is 2.31. The van der Waals surface area contributed by atoms with Gasteiger partial charge in [0.05, 0.1) is 5.60 Å². The van der Waals surface area contributed by atoms with Gasteiger partial charge in [-0.15, -0.1) is 0 Å². The number of rotatable bonds is 3. The third kappa shape index (κ3) is 3.70. The zero-order chi connectivity index (χ0) is 13.1.